The lowest BCUT2D eigenvalue weighted by Crippen LogP contribution is -2.30. The molecule has 3 unspecified atom stereocenters. The maximum Gasteiger partial charge on any atom is 0.132 e. The summed E-state index contributed by atoms with van der Waals surface area (Å²) in [7, 11) is 0.297. The molecule has 0 bridgehead atoms. The molecule has 3 aliphatic rings. The highest BCUT2D eigenvalue weighted by Crippen LogP contribution is 2.53. The van der Waals surface area contributed by atoms with Crippen LogP contribution in [-0.2, 0) is 0 Å². The van der Waals surface area contributed by atoms with Gasteiger partial charge in [0.25, 0.3) is 0 Å². The van der Waals surface area contributed by atoms with Crippen LogP contribution in [0.1, 0.15) is 36.3 Å². The summed E-state index contributed by atoms with van der Waals surface area (Å²) in [4.78, 5) is 0. The smallest absolute Gasteiger partial charge is 0.132 e. The van der Waals surface area contributed by atoms with Crippen LogP contribution in [0.2, 0.25) is 0 Å². The van der Waals surface area contributed by atoms with Gasteiger partial charge in [0.15, 0.2) is 0 Å². The van der Waals surface area contributed by atoms with E-state index in [9.17, 15) is 0 Å². The molecule has 1 aromatic carbocycles. The predicted octanol–water partition coefficient (Wildman–Crippen LogP) is 2.08. The number of hydrogen-bond donors (Lipinski definition) is 2. The number of aryl methyl sites for hydroxylation is 1. The van der Waals surface area contributed by atoms with Gasteiger partial charge in [-0.2, -0.15) is 0 Å². The lowest BCUT2D eigenvalue weighted by Gasteiger charge is -2.29. The van der Waals surface area contributed by atoms with E-state index in [1.807, 2.05) is 0 Å². The number of ether oxygens (including phenoxy) is 1. The monoisotopic (exact) mass is 288 g/mol. The number of allylic oxidation sites excluding steroid dienone is 1. The predicted molar refractivity (Wildman–Crippen MR) is 83.9 cm³/mol. The maximum atomic E-state index is 6.40. The zero-order chi connectivity index (χ0) is 13.9. The van der Waals surface area contributed by atoms with Gasteiger partial charge in [-0.05, 0) is 40.1 Å². The molecule has 1 aromatic rings. The van der Waals surface area contributed by atoms with Crippen LogP contribution in [0.3, 0.4) is 0 Å². The largest absolute Gasteiger partial charge is 0.489 e. The third-order valence-corrected chi connectivity index (χ3v) is 5.75. The first-order valence-electron chi connectivity index (χ1n) is 7.41. The number of nitrogens with two attached hydrogens (primary N) is 2. The summed E-state index contributed by atoms with van der Waals surface area (Å²) in [5.74, 6) is 1.98. The Morgan fingerprint density at radius 1 is 1.30 bits per heavy atom. The number of rotatable bonds is 2. The Labute approximate surface area is 121 Å². The third-order valence-electron chi connectivity index (χ3n) is 5.07. The highest BCUT2D eigenvalue weighted by atomic mass is 31.1. The van der Waals surface area contributed by atoms with E-state index >= 15 is 0 Å². The Balaban J connectivity index is 1.81. The van der Waals surface area contributed by atoms with Crippen LogP contribution in [-0.4, -0.2) is 12.1 Å². The molecule has 1 fully saturated rings. The molecular formula is C16H21N2OP. The molecule has 106 valence electrons. The molecule has 0 saturated heterocycles. The van der Waals surface area contributed by atoms with Crippen LogP contribution in [0.25, 0.3) is 0 Å². The standard InChI is InChI=1S/C16H21N2OP/c1-8-5-10-15-12(19-16(10)13(6-8)20-18)7-11(17)14(15)9-3-2-4-9/h3,5-6,11-12,14-15,20H,2,4,7,17-18H2,1H3/t11?,12-,14?,15-/m0/s1. The van der Waals surface area contributed by atoms with E-state index < -0.39 is 0 Å². The summed E-state index contributed by atoms with van der Waals surface area (Å²) in [6.07, 6.45) is 6.02. The summed E-state index contributed by atoms with van der Waals surface area (Å²) in [6.45, 7) is 2.14. The van der Waals surface area contributed by atoms with Gasteiger partial charge in [0.1, 0.15) is 11.9 Å². The van der Waals surface area contributed by atoms with Crippen molar-refractivity contribution in [2.24, 2.45) is 17.2 Å². The van der Waals surface area contributed by atoms with E-state index in [1.54, 1.807) is 5.57 Å². The van der Waals surface area contributed by atoms with Gasteiger partial charge < -0.3 is 16.0 Å². The van der Waals surface area contributed by atoms with Gasteiger partial charge in [0, 0.05) is 35.2 Å². The van der Waals surface area contributed by atoms with Crippen molar-refractivity contribution in [3.63, 3.8) is 0 Å². The van der Waals surface area contributed by atoms with Crippen molar-refractivity contribution < 1.29 is 4.74 Å². The zero-order valence-electron chi connectivity index (χ0n) is 11.7. The topological polar surface area (TPSA) is 61.3 Å². The lowest BCUT2D eigenvalue weighted by atomic mass is 9.76. The normalized spacial score (nSPS) is 34.6. The van der Waals surface area contributed by atoms with Crippen molar-refractivity contribution in [2.75, 3.05) is 0 Å². The van der Waals surface area contributed by atoms with Crippen molar-refractivity contribution >= 4 is 14.0 Å². The summed E-state index contributed by atoms with van der Waals surface area (Å²) in [5.41, 5.74) is 16.5. The molecule has 0 radical (unpaired) electrons. The van der Waals surface area contributed by atoms with Crippen LogP contribution in [0, 0.1) is 12.8 Å². The highest BCUT2D eigenvalue weighted by molar-refractivity contribution is 7.44. The minimum absolute atomic E-state index is 0.244. The summed E-state index contributed by atoms with van der Waals surface area (Å²) in [6, 6.07) is 4.69. The minimum atomic E-state index is 0.244. The van der Waals surface area contributed by atoms with Gasteiger partial charge >= 0.3 is 0 Å². The molecule has 1 saturated carbocycles. The Kier molecular flexibility index (Phi) is 2.92. The second-order valence-electron chi connectivity index (χ2n) is 6.30. The number of benzene rings is 1. The van der Waals surface area contributed by atoms with Gasteiger partial charge in [-0.3, -0.25) is 0 Å². The first-order valence-corrected chi connectivity index (χ1v) is 8.49. The molecule has 4 heteroatoms. The van der Waals surface area contributed by atoms with Crippen LogP contribution in [0.15, 0.2) is 23.8 Å². The van der Waals surface area contributed by atoms with Crippen LogP contribution in [0.5, 0.6) is 5.75 Å². The fourth-order valence-electron chi connectivity index (χ4n) is 4.13. The fraction of sp³-hybridized carbons (Fsp3) is 0.500. The fourth-order valence-corrected chi connectivity index (χ4v) is 4.78. The summed E-state index contributed by atoms with van der Waals surface area (Å²) in [5, 5.41) is 1.17. The molecule has 0 amide bonds. The Morgan fingerprint density at radius 2 is 2.10 bits per heavy atom. The van der Waals surface area contributed by atoms with E-state index in [0.29, 0.717) is 20.6 Å². The first kappa shape index (κ1) is 12.8. The molecule has 0 aromatic heterocycles. The average molecular weight is 288 g/mol. The van der Waals surface area contributed by atoms with Crippen LogP contribution >= 0.6 is 8.73 Å². The molecule has 2 aliphatic carbocycles. The lowest BCUT2D eigenvalue weighted by molar-refractivity contribution is 0.221. The van der Waals surface area contributed by atoms with Gasteiger partial charge in [0.2, 0.25) is 0 Å². The summed E-state index contributed by atoms with van der Waals surface area (Å²) >= 11 is 0. The van der Waals surface area contributed by atoms with Crippen molar-refractivity contribution in [1.29, 1.82) is 0 Å². The van der Waals surface area contributed by atoms with Crippen LogP contribution < -0.4 is 21.3 Å². The van der Waals surface area contributed by atoms with E-state index in [4.69, 9.17) is 16.0 Å². The van der Waals surface area contributed by atoms with Crippen LogP contribution in [0.4, 0.5) is 0 Å². The maximum absolute atomic E-state index is 6.40. The van der Waals surface area contributed by atoms with Gasteiger partial charge in [-0.1, -0.05) is 17.7 Å². The molecule has 20 heavy (non-hydrogen) atoms. The average Bonchev–Trinajstić information content (AvgIpc) is 2.84. The van der Waals surface area contributed by atoms with E-state index in [0.717, 1.165) is 12.2 Å². The van der Waals surface area contributed by atoms with Gasteiger partial charge in [0.05, 0.1) is 0 Å². The van der Waals surface area contributed by atoms with Crippen molar-refractivity contribution in [3.8, 4) is 5.75 Å². The molecule has 1 aliphatic heterocycles. The Hall–Kier alpha value is -0.890. The molecule has 4 N–H and O–H groups in total. The SMILES string of the molecule is Cc1cc(PN)c2c(c1)[C@@H]1C(C3=CCC3)C(N)C[C@@H]1O2. The van der Waals surface area contributed by atoms with E-state index in [1.165, 1.54) is 29.3 Å². The summed E-state index contributed by atoms with van der Waals surface area (Å²) < 4.78 is 6.25. The number of hydrogen-bond acceptors (Lipinski definition) is 3. The molecule has 0 spiro atoms. The Morgan fingerprint density at radius 3 is 2.75 bits per heavy atom. The molecular weight excluding hydrogens is 267 g/mol. The zero-order valence-corrected chi connectivity index (χ0v) is 12.7. The van der Waals surface area contributed by atoms with Crippen molar-refractivity contribution in [1.82, 2.24) is 0 Å². The molecule has 4 rings (SSSR count). The second kappa shape index (κ2) is 4.56. The quantitative estimate of drug-likeness (QED) is 0.647. The van der Waals surface area contributed by atoms with Gasteiger partial charge in [-0.15, -0.1) is 0 Å². The minimum Gasteiger partial charge on any atom is -0.489 e. The molecule has 1 heterocycles. The first-order chi connectivity index (χ1) is 9.69. The van der Waals surface area contributed by atoms with E-state index in [2.05, 4.69) is 25.1 Å². The van der Waals surface area contributed by atoms with E-state index in [-0.39, 0.29) is 12.1 Å². The second-order valence-corrected chi connectivity index (χ2v) is 7.13. The highest BCUT2D eigenvalue weighted by Gasteiger charge is 2.50. The van der Waals surface area contributed by atoms with Gasteiger partial charge in [-0.25, -0.2) is 0 Å². The molecule has 3 nitrogen and oxygen atoms in total. The molecule has 5 atom stereocenters. The number of fused-ring (bicyclic) bond motifs is 3. The van der Waals surface area contributed by atoms with Crippen molar-refractivity contribution in [3.05, 3.63) is 34.9 Å². The third kappa shape index (κ3) is 1.70. The van der Waals surface area contributed by atoms with Crippen molar-refractivity contribution in [2.45, 2.75) is 44.2 Å². The Bertz CT molecular complexity index is 598.